The van der Waals surface area contributed by atoms with Gasteiger partial charge in [-0.1, -0.05) is 0 Å². The van der Waals surface area contributed by atoms with Gasteiger partial charge in [0, 0.05) is 24.3 Å². The van der Waals surface area contributed by atoms with Crippen LogP contribution in [0.4, 0.5) is 23.1 Å². The number of anilines is 4. The number of nitrogens with one attached hydrogen (secondary N) is 5. The molecule has 1 aromatic carbocycles. The summed E-state index contributed by atoms with van der Waals surface area (Å²) >= 11 is 0. The molecular weight excluding hydrogens is 446 g/mol. The van der Waals surface area contributed by atoms with Crippen molar-refractivity contribution < 1.29 is 24.6 Å². The number of carbonyl (C=O) groups is 3. The van der Waals surface area contributed by atoms with E-state index in [-0.39, 0.29) is 29.5 Å². The van der Waals surface area contributed by atoms with Crippen LogP contribution < -0.4 is 32.6 Å². The smallest absolute Gasteiger partial charge is 0.326 e. The van der Waals surface area contributed by atoms with E-state index in [0.29, 0.717) is 43.1 Å². The van der Waals surface area contributed by atoms with Crippen LogP contribution in [0, 0.1) is 5.41 Å². The van der Waals surface area contributed by atoms with Gasteiger partial charge in [-0.15, -0.1) is 0 Å². The van der Waals surface area contributed by atoms with Gasteiger partial charge in [0.15, 0.2) is 5.82 Å². The minimum absolute atomic E-state index is 0.0300. The molecule has 2 heterocycles. The van der Waals surface area contributed by atoms with Crippen LogP contribution in [0.15, 0.2) is 29.1 Å². The molecule has 1 aliphatic carbocycles. The molecule has 4 rings (SSSR count). The van der Waals surface area contributed by atoms with E-state index in [1.165, 1.54) is 0 Å². The lowest BCUT2D eigenvalue weighted by Crippen LogP contribution is -2.43. The topological polar surface area (TPSA) is 212 Å². The number of aliphatic carboxylic acids is 2. The molecule has 2 atom stereocenters. The zero-order valence-electron chi connectivity index (χ0n) is 18.1. The second-order valence-corrected chi connectivity index (χ2v) is 8.51. The molecule has 0 spiro atoms. The number of fused-ring (bicyclic) bond motifs is 1. The number of amides is 1. The standard InChI is InChI=1S/C21H25N7O6/c22-20-27-15-14(17(30)28-20)25-12(9-24-15)8-23-11-3-1-10(2-4-11)16(29)26-13(18(31)32)7-21(5-6-21)19(33)34/h1-4,12-13,23,25H,5-9H2,(H,26,29)(H,31,32)(H,33,34)(H4,22,24,27,28,30). The number of nitrogen functional groups attached to an aromatic ring is 1. The Kier molecular flexibility index (Phi) is 6.01. The van der Waals surface area contributed by atoms with Crippen molar-refractivity contribution in [1.82, 2.24) is 15.3 Å². The normalized spacial score (nSPS) is 18.4. The van der Waals surface area contributed by atoms with Crippen LogP contribution in [0.1, 0.15) is 29.6 Å². The number of benzene rings is 1. The number of carboxylic acid groups (broad SMARTS) is 2. The highest BCUT2D eigenvalue weighted by Crippen LogP contribution is 2.49. The summed E-state index contributed by atoms with van der Waals surface area (Å²) in [5.74, 6) is -2.49. The summed E-state index contributed by atoms with van der Waals surface area (Å²) in [5, 5.41) is 30.5. The first-order chi connectivity index (χ1) is 16.2. The number of rotatable bonds is 9. The number of carboxylic acids is 2. The number of H-pyrrole nitrogens is 1. The lowest BCUT2D eigenvalue weighted by Gasteiger charge is -2.27. The predicted octanol–water partition coefficient (Wildman–Crippen LogP) is 0.108. The van der Waals surface area contributed by atoms with Gasteiger partial charge in [0.25, 0.3) is 11.5 Å². The molecule has 1 fully saturated rings. The molecule has 2 unspecified atom stereocenters. The first-order valence-electron chi connectivity index (χ1n) is 10.7. The van der Waals surface area contributed by atoms with Gasteiger partial charge in [-0.25, -0.2) is 4.79 Å². The first kappa shape index (κ1) is 22.9. The lowest BCUT2D eigenvalue weighted by atomic mass is 9.96. The summed E-state index contributed by atoms with van der Waals surface area (Å²) in [7, 11) is 0. The Morgan fingerprint density at radius 3 is 2.53 bits per heavy atom. The molecular formula is C21H25N7O6. The Bertz CT molecular complexity index is 1180. The van der Waals surface area contributed by atoms with Crippen LogP contribution in [0.3, 0.4) is 0 Å². The van der Waals surface area contributed by atoms with Crippen LogP contribution >= 0.6 is 0 Å². The fourth-order valence-corrected chi connectivity index (χ4v) is 3.82. The second kappa shape index (κ2) is 8.92. The van der Waals surface area contributed by atoms with Crippen molar-refractivity contribution in [2.75, 3.05) is 34.8 Å². The molecule has 180 valence electrons. The predicted molar refractivity (Wildman–Crippen MR) is 123 cm³/mol. The number of hydrogen-bond acceptors (Lipinski definition) is 9. The molecule has 0 bridgehead atoms. The van der Waals surface area contributed by atoms with Crippen molar-refractivity contribution in [3.63, 3.8) is 0 Å². The number of carbonyl (C=O) groups excluding carboxylic acids is 1. The van der Waals surface area contributed by atoms with Crippen molar-refractivity contribution in [3.8, 4) is 0 Å². The molecule has 13 heteroatoms. The summed E-state index contributed by atoms with van der Waals surface area (Å²) < 4.78 is 0. The van der Waals surface area contributed by atoms with Crippen molar-refractivity contribution in [2.24, 2.45) is 5.41 Å². The van der Waals surface area contributed by atoms with E-state index in [1.807, 2.05) is 0 Å². The fraction of sp³-hybridized carbons (Fsp3) is 0.381. The monoisotopic (exact) mass is 471 g/mol. The zero-order chi connectivity index (χ0) is 24.5. The van der Waals surface area contributed by atoms with Crippen LogP contribution in [0.2, 0.25) is 0 Å². The quantitative estimate of drug-likeness (QED) is 0.246. The molecule has 34 heavy (non-hydrogen) atoms. The Morgan fingerprint density at radius 1 is 1.21 bits per heavy atom. The first-order valence-corrected chi connectivity index (χ1v) is 10.7. The molecule has 1 amide bonds. The molecule has 1 aromatic heterocycles. The third-order valence-electron chi connectivity index (χ3n) is 6.01. The molecule has 1 aliphatic heterocycles. The average Bonchev–Trinajstić information content (AvgIpc) is 3.58. The number of aromatic amines is 1. The van der Waals surface area contributed by atoms with Gasteiger partial charge in [0.1, 0.15) is 11.7 Å². The molecule has 2 aliphatic rings. The SMILES string of the molecule is Nc1nc2c(c(=O)[nH]1)NC(CNc1ccc(C(=O)NC(CC3(C(=O)O)CC3)C(=O)O)cc1)CN2. The maximum atomic E-state index is 12.5. The number of nitrogens with zero attached hydrogens (tertiary/aromatic N) is 1. The maximum Gasteiger partial charge on any atom is 0.326 e. The van der Waals surface area contributed by atoms with Crippen molar-refractivity contribution in [3.05, 3.63) is 40.2 Å². The van der Waals surface area contributed by atoms with Crippen LogP contribution in [0.5, 0.6) is 0 Å². The highest BCUT2D eigenvalue weighted by Gasteiger charge is 2.52. The summed E-state index contributed by atoms with van der Waals surface area (Å²) in [4.78, 5) is 53.9. The van der Waals surface area contributed by atoms with Gasteiger partial charge in [-0.2, -0.15) is 4.98 Å². The van der Waals surface area contributed by atoms with E-state index < -0.39 is 29.3 Å². The van der Waals surface area contributed by atoms with E-state index in [2.05, 4.69) is 31.2 Å². The van der Waals surface area contributed by atoms with Gasteiger partial charge in [0.05, 0.1) is 11.5 Å². The summed E-state index contributed by atoms with van der Waals surface area (Å²) in [6, 6.07) is 5.01. The van der Waals surface area contributed by atoms with Crippen LogP contribution in [-0.2, 0) is 9.59 Å². The molecule has 0 saturated heterocycles. The van der Waals surface area contributed by atoms with Gasteiger partial charge in [0.2, 0.25) is 5.95 Å². The molecule has 1 saturated carbocycles. The Morgan fingerprint density at radius 2 is 1.91 bits per heavy atom. The molecule has 9 N–H and O–H groups in total. The Labute approximate surface area is 193 Å². The fourth-order valence-electron chi connectivity index (χ4n) is 3.82. The van der Waals surface area contributed by atoms with E-state index in [4.69, 9.17) is 5.73 Å². The molecule has 2 aromatic rings. The lowest BCUT2D eigenvalue weighted by molar-refractivity contribution is -0.145. The third-order valence-corrected chi connectivity index (χ3v) is 6.01. The minimum atomic E-state index is -1.29. The number of hydrogen-bond donors (Lipinski definition) is 8. The van der Waals surface area contributed by atoms with Crippen molar-refractivity contribution in [2.45, 2.75) is 31.3 Å². The number of nitrogens with two attached hydrogens (primary N) is 1. The Hall–Kier alpha value is -4.29. The largest absolute Gasteiger partial charge is 0.481 e. The minimum Gasteiger partial charge on any atom is -0.481 e. The summed E-state index contributed by atoms with van der Waals surface area (Å²) in [6.07, 6.45) is 0.649. The van der Waals surface area contributed by atoms with Gasteiger partial charge in [-0.05, 0) is 43.5 Å². The van der Waals surface area contributed by atoms with Gasteiger partial charge < -0.3 is 37.2 Å². The maximum absolute atomic E-state index is 12.5. The van der Waals surface area contributed by atoms with Crippen LogP contribution in [0.25, 0.3) is 0 Å². The second-order valence-electron chi connectivity index (χ2n) is 8.51. The van der Waals surface area contributed by atoms with Crippen molar-refractivity contribution >= 4 is 41.0 Å². The van der Waals surface area contributed by atoms with Gasteiger partial charge >= 0.3 is 11.9 Å². The molecule has 13 nitrogen and oxygen atoms in total. The average molecular weight is 471 g/mol. The number of aromatic nitrogens is 2. The van der Waals surface area contributed by atoms with Crippen LogP contribution in [-0.4, -0.2) is 63.2 Å². The van der Waals surface area contributed by atoms with Crippen molar-refractivity contribution in [1.29, 1.82) is 0 Å². The Balaban J connectivity index is 1.32. The van der Waals surface area contributed by atoms with E-state index >= 15 is 0 Å². The highest BCUT2D eigenvalue weighted by atomic mass is 16.4. The van der Waals surface area contributed by atoms with E-state index in [1.54, 1.807) is 24.3 Å². The van der Waals surface area contributed by atoms with Gasteiger partial charge in [-0.3, -0.25) is 19.4 Å². The van der Waals surface area contributed by atoms with E-state index in [0.717, 1.165) is 0 Å². The summed E-state index contributed by atoms with van der Waals surface area (Å²) in [5.41, 5.74) is 5.37. The third kappa shape index (κ3) is 4.87. The van der Waals surface area contributed by atoms with E-state index in [9.17, 15) is 29.4 Å². The zero-order valence-corrected chi connectivity index (χ0v) is 18.1. The molecule has 0 radical (unpaired) electrons. The highest BCUT2D eigenvalue weighted by molar-refractivity contribution is 5.97. The summed E-state index contributed by atoms with van der Waals surface area (Å²) in [6.45, 7) is 0.963.